The molecule has 4 heteroatoms. The maximum absolute atomic E-state index is 11.4. The Bertz CT molecular complexity index is 400. The summed E-state index contributed by atoms with van der Waals surface area (Å²) in [6, 6.07) is 5.80. The van der Waals surface area contributed by atoms with Crippen LogP contribution in [0, 0.1) is 6.92 Å². The first-order chi connectivity index (χ1) is 7.65. The topological polar surface area (TPSA) is 64.3 Å². The number of carbonyl (C=O) groups is 1. The summed E-state index contributed by atoms with van der Waals surface area (Å²) in [6.45, 7) is 1.98. The number of aryl methyl sites for hydroxylation is 1. The lowest BCUT2D eigenvalue weighted by atomic mass is 10.2. The second-order valence-corrected chi connectivity index (χ2v) is 4.15. The normalized spacial score (nSPS) is 14.6. The number of amides is 1. The third-order valence-electron chi connectivity index (χ3n) is 2.56. The van der Waals surface area contributed by atoms with Gasteiger partial charge in [-0.15, -0.1) is 0 Å². The highest BCUT2D eigenvalue weighted by Crippen LogP contribution is 2.20. The molecular formula is C12H16N2O2. The van der Waals surface area contributed by atoms with Crippen molar-refractivity contribution in [2.45, 2.75) is 25.8 Å². The van der Waals surface area contributed by atoms with E-state index in [0.717, 1.165) is 18.4 Å². The molecule has 0 radical (unpaired) electrons. The van der Waals surface area contributed by atoms with Crippen LogP contribution in [-0.2, 0) is 4.79 Å². The second kappa shape index (κ2) is 4.43. The molecule has 3 N–H and O–H groups in total. The summed E-state index contributed by atoms with van der Waals surface area (Å²) in [5, 5.41) is 2.85. The summed E-state index contributed by atoms with van der Waals surface area (Å²) in [4.78, 5) is 11.4. The number of hydrogen-bond acceptors (Lipinski definition) is 3. The Morgan fingerprint density at radius 2 is 2.31 bits per heavy atom. The Morgan fingerprint density at radius 1 is 1.56 bits per heavy atom. The first-order valence-electron chi connectivity index (χ1n) is 5.43. The van der Waals surface area contributed by atoms with Crippen molar-refractivity contribution >= 4 is 11.6 Å². The Balaban J connectivity index is 1.83. The van der Waals surface area contributed by atoms with E-state index in [1.807, 2.05) is 19.1 Å². The minimum Gasteiger partial charge on any atom is -0.484 e. The van der Waals surface area contributed by atoms with Crippen molar-refractivity contribution in [2.24, 2.45) is 0 Å². The SMILES string of the molecule is Cc1ccc(OCC(=O)NC2CC2)cc1N. The van der Waals surface area contributed by atoms with Crippen LogP contribution in [0.4, 0.5) is 5.69 Å². The number of nitrogens with one attached hydrogen (secondary N) is 1. The number of nitrogens with two attached hydrogens (primary N) is 1. The van der Waals surface area contributed by atoms with Crippen LogP contribution < -0.4 is 15.8 Å². The van der Waals surface area contributed by atoms with Gasteiger partial charge in [-0.1, -0.05) is 6.07 Å². The molecule has 0 aliphatic heterocycles. The van der Waals surface area contributed by atoms with E-state index in [1.54, 1.807) is 6.07 Å². The molecule has 1 amide bonds. The molecule has 86 valence electrons. The molecule has 1 aromatic rings. The van der Waals surface area contributed by atoms with E-state index in [1.165, 1.54) is 0 Å². The number of hydrogen-bond donors (Lipinski definition) is 2. The van der Waals surface area contributed by atoms with E-state index in [4.69, 9.17) is 10.5 Å². The quantitative estimate of drug-likeness (QED) is 0.750. The Kier molecular flexibility index (Phi) is 2.99. The van der Waals surface area contributed by atoms with Crippen LogP contribution in [0.1, 0.15) is 18.4 Å². The van der Waals surface area contributed by atoms with Gasteiger partial charge in [-0.25, -0.2) is 0 Å². The van der Waals surface area contributed by atoms with Crippen LogP contribution in [0.15, 0.2) is 18.2 Å². The van der Waals surface area contributed by atoms with E-state index < -0.39 is 0 Å². The fraction of sp³-hybridized carbons (Fsp3) is 0.417. The lowest BCUT2D eigenvalue weighted by molar-refractivity contribution is -0.123. The van der Waals surface area contributed by atoms with E-state index in [-0.39, 0.29) is 12.5 Å². The Labute approximate surface area is 94.8 Å². The predicted molar refractivity (Wildman–Crippen MR) is 62.3 cm³/mol. The molecule has 16 heavy (non-hydrogen) atoms. The molecule has 0 unspecified atom stereocenters. The smallest absolute Gasteiger partial charge is 0.258 e. The van der Waals surface area contributed by atoms with Crippen molar-refractivity contribution in [1.29, 1.82) is 0 Å². The van der Waals surface area contributed by atoms with Gasteiger partial charge < -0.3 is 15.8 Å². The number of benzene rings is 1. The molecule has 0 aromatic heterocycles. The number of carbonyl (C=O) groups excluding carboxylic acids is 1. The minimum atomic E-state index is -0.0679. The number of ether oxygens (including phenoxy) is 1. The lowest BCUT2D eigenvalue weighted by Crippen LogP contribution is -2.30. The summed E-state index contributed by atoms with van der Waals surface area (Å²) < 4.78 is 5.34. The third-order valence-corrected chi connectivity index (χ3v) is 2.56. The van der Waals surface area contributed by atoms with Gasteiger partial charge >= 0.3 is 0 Å². The van der Waals surface area contributed by atoms with Crippen molar-refractivity contribution < 1.29 is 9.53 Å². The van der Waals surface area contributed by atoms with Crippen LogP contribution in [0.3, 0.4) is 0 Å². The van der Waals surface area contributed by atoms with Gasteiger partial charge in [0.25, 0.3) is 5.91 Å². The van der Waals surface area contributed by atoms with Gasteiger partial charge in [-0.05, 0) is 31.4 Å². The summed E-state index contributed by atoms with van der Waals surface area (Å²) in [7, 11) is 0. The van der Waals surface area contributed by atoms with E-state index in [2.05, 4.69) is 5.32 Å². The summed E-state index contributed by atoms with van der Waals surface area (Å²) >= 11 is 0. The highest BCUT2D eigenvalue weighted by Gasteiger charge is 2.23. The van der Waals surface area contributed by atoms with Gasteiger partial charge in [0.2, 0.25) is 0 Å². The molecule has 0 bridgehead atoms. The zero-order valence-corrected chi connectivity index (χ0v) is 9.32. The molecule has 4 nitrogen and oxygen atoms in total. The maximum Gasteiger partial charge on any atom is 0.258 e. The monoisotopic (exact) mass is 220 g/mol. The highest BCUT2D eigenvalue weighted by atomic mass is 16.5. The molecule has 1 aromatic carbocycles. The molecule has 0 spiro atoms. The van der Waals surface area contributed by atoms with Gasteiger partial charge in [0, 0.05) is 17.8 Å². The van der Waals surface area contributed by atoms with Crippen LogP contribution in [-0.4, -0.2) is 18.6 Å². The molecule has 1 aliphatic carbocycles. The van der Waals surface area contributed by atoms with Crippen molar-refractivity contribution in [3.8, 4) is 5.75 Å². The fourth-order valence-corrected chi connectivity index (χ4v) is 1.35. The molecule has 1 saturated carbocycles. The van der Waals surface area contributed by atoms with Crippen molar-refractivity contribution in [3.63, 3.8) is 0 Å². The zero-order valence-electron chi connectivity index (χ0n) is 9.32. The van der Waals surface area contributed by atoms with Gasteiger partial charge in [0.05, 0.1) is 0 Å². The Hall–Kier alpha value is -1.71. The van der Waals surface area contributed by atoms with E-state index in [9.17, 15) is 4.79 Å². The number of nitrogen functional groups attached to an aromatic ring is 1. The molecule has 1 fully saturated rings. The lowest BCUT2D eigenvalue weighted by Gasteiger charge is -2.08. The third kappa shape index (κ3) is 2.89. The maximum atomic E-state index is 11.4. The number of rotatable bonds is 4. The van der Waals surface area contributed by atoms with Crippen LogP contribution in [0.2, 0.25) is 0 Å². The van der Waals surface area contributed by atoms with Gasteiger partial charge in [0.15, 0.2) is 6.61 Å². The fourth-order valence-electron chi connectivity index (χ4n) is 1.35. The second-order valence-electron chi connectivity index (χ2n) is 4.15. The van der Waals surface area contributed by atoms with Crippen molar-refractivity contribution in [2.75, 3.05) is 12.3 Å². The number of anilines is 1. The highest BCUT2D eigenvalue weighted by molar-refractivity contribution is 5.78. The van der Waals surface area contributed by atoms with E-state index in [0.29, 0.717) is 17.5 Å². The minimum absolute atomic E-state index is 0.0546. The average Bonchev–Trinajstić information content (AvgIpc) is 3.04. The Morgan fingerprint density at radius 3 is 2.94 bits per heavy atom. The predicted octanol–water partition coefficient (Wildman–Crippen LogP) is 1.23. The molecule has 0 saturated heterocycles. The van der Waals surface area contributed by atoms with Gasteiger partial charge in [-0.3, -0.25) is 4.79 Å². The van der Waals surface area contributed by atoms with Crippen molar-refractivity contribution in [3.05, 3.63) is 23.8 Å². The summed E-state index contributed by atoms with van der Waals surface area (Å²) in [5.41, 5.74) is 7.43. The first kappa shape index (κ1) is 10.8. The molecule has 1 aliphatic rings. The largest absolute Gasteiger partial charge is 0.484 e. The molecule has 0 heterocycles. The van der Waals surface area contributed by atoms with Crippen LogP contribution in [0.5, 0.6) is 5.75 Å². The summed E-state index contributed by atoms with van der Waals surface area (Å²) in [6.07, 6.45) is 2.17. The van der Waals surface area contributed by atoms with Crippen LogP contribution >= 0.6 is 0 Å². The average molecular weight is 220 g/mol. The standard InChI is InChI=1S/C12H16N2O2/c1-8-2-5-10(6-11(8)13)16-7-12(15)14-9-3-4-9/h2,5-6,9H,3-4,7,13H2,1H3,(H,14,15). The van der Waals surface area contributed by atoms with Crippen LogP contribution in [0.25, 0.3) is 0 Å². The molecule has 2 rings (SSSR count). The zero-order chi connectivity index (χ0) is 11.5. The van der Waals surface area contributed by atoms with E-state index >= 15 is 0 Å². The van der Waals surface area contributed by atoms with Crippen molar-refractivity contribution in [1.82, 2.24) is 5.32 Å². The first-order valence-corrected chi connectivity index (χ1v) is 5.43. The molecular weight excluding hydrogens is 204 g/mol. The summed E-state index contributed by atoms with van der Waals surface area (Å²) in [5.74, 6) is 0.565. The van der Waals surface area contributed by atoms with Gasteiger partial charge in [-0.2, -0.15) is 0 Å². The molecule has 0 atom stereocenters. The van der Waals surface area contributed by atoms with Gasteiger partial charge in [0.1, 0.15) is 5.75 Å².